The second-order valence-electron chi connectivity index (χ2n) is 6.31. The monoisotopic (exact) mass is 355 g/mol. The smallest absolute Gasteiger partial charge is 0.243 e. The van der Waals surface area contributed by atoms with Crippen molar-refractivity contribution in [2.75, 3.05) is 6.54 Å². The van der Waals surface area contributed by atoms with Crippen LogP contribution in [0.1, 0.15) is 30.5 Å². The molecule has 2 aromatic carbocycles. The van der Waals surface area contributed by atoms with E-state index in [2.05, 4.69) is 0 Å². The molecule has 0 aliphatic carbocycles. The van der Waals surface area contributed by atoms with Gasteiger partial charge < -0.3 is 0 Å². The fourth-order valence-electron chi connectivity index (χ4n) is 3.04. The van der Waals surface area contributed by atoms with E-state index in [0.29, 0.717) is 12.0 Å². The van der Waals surface area contributed by atoms with Gasteiger partial charge in [-0.25, -0.2) is 8.42 Å². The number of Topliss-reactive ketones (excluding diaryl/α,β-unsaturated/α-hetero) is 1. The molecule has 0 amide bonds. The fraction of sp³-hybridized carbons (Fsp3) is 0.250. The molecule has 1 heterocycles. The van der Waals surface area contributed by atoms with Gasteiger partial charge in [0.25, 0.3) is 0 Å². The molecule has 0 radical (unpaired) electrons. The van der Waals surface area contributed by atoms with Crippen LogP contribution in [0.5, 0.6) is 0 Å². The van der Waals surface area contributed by atoms with E-state index in [1.165, 1.54) is 11.2 Å². The fourth-order valence-corrected chi connectivity index (χ4v) is 4.65. The van der Waals surface area contributed by atoms with Crippen molar-refractivity contribution in [2.24, 2.45) is 0 Å². The van der Waals surface area contributed by atoms with E-state index in [1.54, 1.807) is 24.3 Å². The predicted octanol–water partition coefficient (Wildman–Crippen LogP) is 3.65. The van der Waals surface area contributed by atoms with Crippen LogP contribution in [0.3, 0.4) is 0 Å². The van der Waals surface area contributed by atoms with Crippen molar-refractivity contribution in [1.29, 1.82) is 0 Å². The molecule has 0 saturated carbocycles. The minimum Gasteiger partial charge on any atom is -0.295 e. The van der Waals surface area contributed by atoms with Crippen LogP contribution < -0.4 is 0 Å². The molecule has 0 saturated heterocycles. The first kappa shape index (κ1) is 17.6. The van der Waals surface area contributed by atoms with Crippen molar-refractivity contribution < 1.29 is 13.2 Å². The Morgan fingerprint density at radius 1 is 1.04 bits per heavy atom. The largest absolute Gasteiger partial charge is 0.295 e. The zero-order valence-electron chi connectivity index (χ0n) is 14.3. The van der Waals surface area contributed by atoms with Crippen molar-refractivity contribution in [2.45, 2.75) is 31.2 Å². The van der Waals surface area contributed by atoms with E-state index in [1.807, 2.05) is 43.3 Å². The molecule has 25 heavy (non-hydrogen) atoms. The zero-order chi connectivity index (χ0) is 18.0. The number of carbonyl (C=O) groups excluding carboxylic acids is 1. The molecule has 1 aliphatic rings. The average molecular weight is 355 g/mol. The highest BCUT2D eigenvalue weighted by Crippen LogP contribution is 2.35. The standard InChI is InChI=1S/C20H21NO3S/c1-15-8-11-19(12-9-15)25(23,24)21-14-18(16(2)22)10-13-20(21)17-6-4-3-5-7-17/h3-12,20H,13-14H2,1-2H3/t20-/m1/s1. The van der Waals surface area contributed by atoms with Crippen molar-refractivity contribution in [1.82, 2.24) is 4.31 Å². The van der Waals surface area contributed by atoms with E-state index in [-0.39, 0.29) is 23.3 Å². The first-order chi connectivity index (χ1) is 11.9. The maximum absolute atomic E-state index is 13.2. The highest BCUT2D eigenvalue weighted by Gasteiger charge is 2.35. The summed E-state index contributed by atoms with van der Waals surface area (Å²) in [6.45, 7) is 3.50. The van der Waals surface area contributed by atoms with Crippen LogP contribution in [0.4, 0.5) is 0 Å². The summed E-state index contributed by atoms with van der Waals surface area (Å²) in [7, 11) is -3.70. The molecule has 0 aromatic heterocycles. The Labute approximate surface area is 148 Å². The summed E-state index contributed by atoms with van der Waals surface area (Å²) >= 11 is 0. The van der Waals surface area contributed by atoms with Crippen LogP contribution in [0.25, 0.3) is 0 Å². The summed E-state index contributed by atoms with van der Waals surface area (Å²) in [5.74, 6) is -0.0874. The summed E-state index contributed by atoms with van der Waals surface area (Å²) in [5, 5.41) is 0. The van der Waals surface area contributed by atoms with Gasteiger partial charge in [0.15, 0.2) is 5.78 Å². The number of hydrogen-bond acceptors (Lipinski definition) is 3. The lowest BCUT2D eigenvalue weighted by molar-refractivity contribution is -0.113. The molecule has 0 fully saturated rings. The first-order valence-corrected chi connectivity index (χ1v) is 9.67. The molecule has 0 bridgehead atoms. The van der Waals surface area contributed by atoms with E-state index >= 15 is 0 Å². The van der Waals surface area contributed by atoms with Crippen LogP contribution in [-0.4, -0.2) is 25.1 Å². The third kappa shape index (κ3) is 3.57. The van der Waals surface area contributed by atoms with Gasteiger partial charge in [0.05, 0.1) is 10.9 Å². The van der Waals surface area contributed by atoms with Gasteiger partial charge in [-0.3, -0.25) is 4.79 Å². The molecule has 5 heteroatoms. The summed E-state index contributed by atoms with van der Waals surface area (Å²) in [5.41, 5.74) is 2.47. The lowest BCUT2D eigenvalue weighted by atomic mass is 9.97. The third-order valence-electron chi connectivity index (χ3n) is 4.53. The summed E-state index contributed by atoms with van der Waals surface area (Å²) in [4.78, 5) is 12.1. The van der Waals surface area contributed by atoms with Crippen LogP contribution in [0, 0.1) is 6.92 Å². The first-order valence-electron chi connectivity index (χ1n) is 8.23. The highest BCUT2D eigenvalue weighted by molar-refractivity contribution is 7.89. The molecule has 0 spiro atoms. The number of ketones is 1. The van der Waals surface area contributed by atoms with Crippen LogP contribution >= 0.6 is 0 Å². The minimum atomic E-state index is -3.70. The highest BCUT2D eigenvalue weighted by atomic mass is 32.2. The Morgan fingerprint density at radius 2 is 1.68 bits per heavy atom. The molecular formula is C20H21NO3S. The molecule has 0 N–H and O–H groups in total. The topological polar surface area (TPSA) is 54.5 Å². The Bertz CT molecular complexity index is 900. The molecule has 130 valence electrons. The predicted molar refractivity (Wildman–Crippen MR) is 97.6 cm³/mol. The van der Waals surface area contributed by atoms with Crippen molar-refractivity contribution >= 4 is 15.8 Å². The molecule has 3 rings (SSSR count). The molecule has 1 atom stereocenters. The maximum atomic E-state index is 13.2. The van der Waals surface area contributed by atoms with Gasteiger partial charge in [-0.1, -0.05) is 54.1 Å². The maximum Gasteiger partial charge on any atom is 0.243 e. The Kier molecular flexibility index (Phi) is 4.88. The summed E-state index contributed by atoms with van der Waals surface area (Å²) in [6, 6.07) is 16.1. The van der Waals surface area contributed by atoms with Crippen LogP contribution in [-0.2, 0) is 14.8 Å². The van der Waals surface area contributed by atoms with Gasteiger partial charge in [0.1, 0.15) is 0 Å². The zero-order valence-corrected chi connectivity index (χ0v) is 15.2. The molecule has 1 aliphatic heterocycles. The van der Waals surface area contributed by atoms with E-state index in [4.69, 9.17) is 0 Å². The number of aryl methyl sites for hydroxylation is 1. The van der Waals surface area contributed by atoms with Crippen molar-refractivity contribution in [3.8, 4) is 0 Å². The van der Waals surface area contributed by atoms with Gasteiger partial charge in [0.2, 0.25) is 10.0 Å². The Balaban J connectivity index is 2.06. The van der Waals surface area contributed by atoms with Gasteiger partial charge >= 0.3 is 0 Å². The molecule has 4 nitrogen and oxygen atoms in total. The Hall–Kier alpha value is -2.24. The summed E-state index contributed by atoms with van der Waals surface area (Å²) < 4.78 is 27.9. The lowest BCUT2D eigenvalue weighted by Gasteiger charge is -2.34. The van der Waals surface area contributed by atoms with Crippen molar-refractivity contribution in [3.63, 3.8) is 0 Å². The van der Waals surface area contributed by atoms with Gasteiger partial charge in [0, 0.05) is 12.1 Å². The summed E-state index contributed by atoms with van der Waals surface area (Å²) in [6.07, 6.45) is 2.35. The number of benzene rings is 2. The Morgan fingerprint density at radius 3 is 2.28 bits per heavy atom. The van der Waals surface area contributed by atoms with E-state index in [0.717, 1.165) is 11.1 Å². The minimum absolute atomic E-state index is 0.0874. The third-order valence-corrected chi connectivity index (χ3v) is 6.39. The van der Waals surface area contributed by atoms with E-state index in [9.17, 15) is 13.2 Å². The quantitative estimate of drug-likeness (QED) is 0.841. The van der Waals surface area contributed by atoms with Gasteiger partial charge in [-0.05, 0) is 38.0 Å². The number of rotatable bonds is 4. The van der Waals surface area contributed by atoms with Gasteiger partial charge in [-0.2, -0.15) is 4.31 Å². The number of nitrogens with zero attached hydrogens (tertiary/aromatic N) is 1. The second-order valence-corrected chi connectivity index (χ2v) is 8.20. The number of carbonyl (C=O) groups is 1. The molecule has 2 aromatic rings. The van der Waals surface area contributed by atoms with Crippen LogP contribution in [0.2, 0.25) is 0 Å². The van der Waals surface area contributed by atoms with Crippen molar-refractivity contribution in [3.05, 3.63) is 77.4 Å². The van der Waals surface area contributed by atoms with E-state index < -0.39 is 10.0 Å². The average Bonchev–Trinajstić information content (AvgIpc) is 2.62. The second kappa shape index (κ2) is 6.94. The molecule has 0 unspecified atom stereocenters. The normalized spacial score (nSPS) is 18.6. The number of sulfonamides is 1. The lowest BCUT2D eigenvalue weighted by Crippen LogP contribution is -2.39. The molecular weight excluding hydrogens is 334 g/mol. The number of hydrogen-bond donors (Lipinski definition) is 0. The van der Waals surface area contributed by atoms with Gasteiger partial charge in [-0.15, -0.1) is 0 Å². The van der Waals surface area contributed by atoms with Crippen LogP contribution in [0.15, 0.2) is 71.1 Å². The SMILES string of the molecule is CC(=O)C1=CC[C@H](c2ccccc2)N(S(=O)(=O)c2ccc(C)cc2)C1.